The maximum Gasteiger partial charge on any atom is 0.424 e. The van der Waals surface area contributed by atoms with Gasteiger partial charge in [-0.25, -0.2) is 9.38 Å². The minimum absolute atomic E-state index is 0.0196. The predicted molar refractivity (Wildman–Crippen MR) is 148 cm³/mol. The molecule has 0 aliphatic heterocycles. The van der Waals surface area contributed by atoms with Gasteiger partial charge in [0.05, 0.1) is 41.8 Å². The molecule has 222 valence electrons. The van der Waals surface area contributed by atoms with Crippen molar-refractivity contribution in [1.29, 1.82) is 0 Å². The Morgan fingerprint density at radius 3 is 2.32 bits per heavy atom. The van der Waals surface area contributed by atoms with Crippen molar-refractivity contribution in [1.82, 2.24) is 5.32 Å². The lowest BCUT2D eigenvalue weighted by Gasteiger charge is -2.32. The van der Waals surface area contributed by atoms with E-state index in [1.54, 1.807) is 0 Å². The molecule has 0 bridgehead atoms. The zero-order chi connectivity index (χ0) is 30.8. The third kappa shape index (κ3) is 7.87. The Balaban J connectivity index is 1.99. The predicted octanol–water partition coefficient (Wildman–Crippen LogP) is 5.88. The first-order valence-corrected chi connectivity index (χ1v) is 12.9. The first kappa shape index (κ1) is 32.1. The zero-order valence-electron chi connectivity index (χ0n) is 22.9. The monoisotopic (exact) mass is 598 g/mol. The minimum Gasteiger partial charge on any atom is -0.493 e. The number of carbonyl (C=O) groups excluding carboxylic acids is 1. The second kappa shape index (κ2) is 12.2. The number of benzene rings is 2. The molecule has 1 saturated carbocycles. The lowest BCUT2D eigenvalue weighted by atomic mass is 9.90. The average Bonchev–Trinajstić information content (AvgIpc) is 3.71. The van der Waals surface area contributed by atoms with Gasteiger partial charge in [0.1, 0.15) is 5.82 Å². The smallest absolute Gasteiger partial charge is 0.424 e. The van der Waals surface area contributed by atoms with Gasteiger partial charge < -0.3 is 25.0 Å². The summed E-state index contributed by atoms with van der Waals surface area (Å²) in [6.07, 6.45) is -2.68. The highest BCUT2D eigenvalue weighted by Gasteiger charge is 2.57. The highest BCUT2D eigenvalue weighted by atomic mass is 35.5. The van der Waals surface area contributed by atoms with Gasteiger partial charge in [0, 0.05) is 11.1 Å². The number of aliphatic imine (C=N–C) groups is 1. The molecule has 3 rings (SSSR count). The van der Waals surface area contributed by atoms with Crippen molar-refractivity contribution in [3.63, 3.8) is 0 Å². The topological polar surface area (TPSA) is 100 Å². The quantitative estimate of drug-likeness (QED) is 0.222. The lowest BCUT2D eigenvalue weighted by molar-refractivity contribution is -0.227. The van der Waals surface area contributed by atoms with Crippen molar-refractivity contribution >= 4 is 28.9 Å². The van der Waals surface area contributed by atoms with E-state index in [0.717, 1.165) is 31.1 Å². The summed E-state index contributed by atoms with van der Waals surface area (Å²) in [6.45, 7) is 6.32. The Morgan fingerprint density at radius 2 is 1.78 bits per heavy atom. The molecule has 0 saturated heterocycles. The average molecular weight is 599 g/mol. The third-order valence-electron chi connectivity index (χ3n) is 6.47. The Hall–Kier alpha value is -3.41. The highest BCUT2D eigenvalue weighted by Crippen LogP contribution is 2.36. The van der Waals surface area contributed by atoms with Crippen molar-refractivity contribution in [3.05, 3.63) is 76.6 Å². The number of rotatable bonds is 11. The standard InChI is InChI=1S/C29H31ClF4N2O5/c1-16(27(3,4)38)12-25(36-17(2)18-6-10-22(31)21(30)13-18)28(39,29(32,33)34)15-35-26(37)19-7-11-23(24(14-19)40-5)41-20-8-9-20/h6-7,10-14,20,38-39H,2,8-9,15H2,1,3-5H3,(H,35,37)/b16-12+,36-25?. The molecule has 0 heterocycles. The van der Waals surface area contributed by atoms with Crippen LogP contribution in [0.1, 0.15) is 49.5 Å². The minimum atomic E-state index is -5.35. The van der Waals surface area contributed by atoms with Gasteiger partial charge in [-0.05, 0) is 81.7 Å². The van der Waals surface area contributed by atoms with Crippen LogP contribution < -0.4 is 14.8 Å². The van der Waals surface area contributed by atoms with Crippen LogP contribution in [0.4, 0.5) is 17.6 Å². The van der Waals surface area contributed by atoms with Crippen LogP contribution in [0.15, 0.2) is 59.6 Å². The van der Waals surface area contributed by atoms with E-state index < -0.39 is 41.4 Å². The van der Waals surface area contributed by atoms with E-state index >= 15 is 0 Å². The Labute approximate surface area is 240 Å². The number of carbonyl (C=O) groups is 1. The fourth-order valence-electron chi connectivity index (χ4n) is 3.43. The molecule has 41 heavy (non-hydrogen) atoms. The van der Waals surface area contributed by atoms with E-state index in [9.17, 15) is 32.6 Å². The number of aliphatic hydroxyl groups is 2. The molecule has 12 heteroatoms. The van der Waals surface area contributed by atoms with Crippen LogP contribution in [0.25, 0.3) is 5.70 Å². The van der Waals surface area contributed by atoms with Gasteiger partial charge in [-0.3, -0.25) is 4.79 Å². The SMILES string of the molecule is C=C(N=C(/C=C(\C)C(C)(C)O)C(O)(CNC(=O)c1ccc(OC2CC2)c(OC)c1)C(F)(F)F)c1ccc(F)c(Cl)c1. The number of methoxy groups -OCH3 is 1. The van der Waals surface area contributed by atoms with Crippen LogP contribution in [0.3, 0.4) is 0 Å². The number of nitrogens with zero attached hydrogens (tertiary/aromatic N) is 1. The summed E-state index contributed by atoms with van der Waals surface area (Å²) in [5.41, 5.74) is -6.52. The number of amides is 1. The molecular formula is C29H31ClF4N2O5. The van der Waals surface area contributed by atoms with E-state index in [2.05, 4.69) is 16.9 Å². The van der Waals surface area contributed by atoms with Crippen LogP contribution in [0.5, 0.6) is 11.5 Å². The molecule has 0 radical (unpaired) electrons. The summed E-state index contributed by atoms with van der Waals surface area (Å²) < 4.78 is 68.1. The molecule has 1 aliphatic rings. The summed E-state index contributed by atoms with van der Waals surface area (Å²) in [5, 5.41) is 23.3. The first-order chi connectivity index (χ1) is 19.0. The summed E-state index contributed by atoms with van der Waals surface area (Å²) in [7, 11) is 1.36. The van der Waals surface area contributed by atoms with Gasteiger partial charge in [-0.1, -0.05) is 18.2 Å². The van der Waals surface area contributed by atoms with Crippen molar-refractivity contribution in [3.8, 4) is 11.5 Å². The summed E-state index contributed by atoms with van der Waals surface area (Å²) >= 11 is 5.80. The summed E-state index contributed by atoms with van der Waals surface area (Å²) in [5.74, 6) is -1.09. The Kier molecular flexibility index (Phi) is 9.57. The van der Waals surface area contributed by atoms with E-state index in [-0.39, 0.29) is 39.3 Å². The molecule has 1 atom stereocenters. The van der Waals surface area contributed by atoms with Gasteiger partial charge in [-0.15, -0.1) is 0 Å². The largest absolute Gasteiger partial charge is 0.493 e. The third-order valence-corrected chi connectivity index (χ3v) is 6.76. The van der Waals surface area contributed by atoms with Crippen LogP contribution in [0.2, 0.25) is 5.02 Å². The fraction of sp³-hybridized carbons (Fsp3) is 0.379. The van der Waals surface area contributed by atoms with Crippen LogP contribution in [-0.2, 0) is 0 Å². The van der Waals surface area contributed by atoms with Crippen molar-refractivity contribution < 1.29 is 42.0 Å². The van der Waals surface area contributed by atoms with Crippen molar-refractivity contribution in [2.45, 2.75) is 57.1 Å². The van der Waals surface area contributed by atoms with Gasteiger partial charge in [-0.2, -0.15) is 13.2 Å². The molecule has 1 fully saturated rings. The van der Waals surface area contributed by atoms with Crippen molar-refractivity contribution in [2.75, 3.05) is 13.7 Å². The van der Waals surface area contributed by atoms with E-state index in [4.69, 9.17) is 21.1 Å². The van der Waals surface area contributed by atoms with Gasteiger partial charge in [0.25, 0.3) is 5.91 Å². The van der Waals surface area contributed by atoms with E-state index in [1.807, 2.05) is 0 Å². The van der Waals surface area contributed by atoms with Gasteiger partial charge in [0.15, 0.2) is 11.5 Å². The maximum absolute atomic E-state index is 14.5. The number of alkyl halides is 3. The van der Waals surface area contributed by atoms with E-state index in [0.29, 0.717) is 5.75 Å². The van der Waals surface area contributed by atoms with Crippen LogP contribution in [-0.4, -0.2) is 59.0 Å². The van der Waals surface area contributed by atoms with Crippen LogP contribution >= 0.6 is 11.6 Å². The Morgan fingerprint density at radius 1 is 1.15 bits per heavy atom. The molecule has 2 aromatic carbocycles. The number of nitrogens with one attached hydrogen (secondary N) is 1. The summed E-state index contributed by atoms with van der Waals surface area (Å²) in [6, 6.07) is 7.45. The number of hydrogen-bond acceptors (Lipinski definition) is 6. The normalized spacial score (nSPS) is 16.2. The second-order valence-corrected chi connectivity index (χ2v) is 10.6. The number of ether oxygens (including phenoxy) is 2. The molecule has 0 aromatic heterocycles. The molecule has 3 N–H and O–H groups in total. The Bertz CT molecular complexity index is 1380. The molecule has 1 amide bonds. The van der Waals surface area contributed by atoms with Crippen LogP contribution in [0, 0.1) is 5.82 Å². The lowest BCUT2D eigenvalue weighted by Crippen LogP contribution is -2.58. The van der Waals surface area contributed by atoms with E-state index in [1.165, 1.54) is 52.1 Å². The van der Waals surface area contributed by atoms with Gasteiger partial charge in [0.2, 0.25) is 5.60 Å². The molecule has 0 spiro atoms. The zero-order valence-corrected chi connectivity index (χ0v) is 23.7. The molecule has 7 nitrogen and oxygen atoms in total. The molecule has 1 aliphatic carbocycles. The number of hydrogen-bond donors (Lipinski definition) is 3. The fourth-order valence-corrected chi connectivity index (χ4v) is 3.61. The molecule has 2 aromatic rings. The second-order valence-electron chi connectivity index (χ2n) is 10.2. The molecular weight excluding hydrogens is 568 g/mol. The summed E-state index contributed by atoms with van der Waals surface area (Å²) in [4.78, 5) is 16.8. The van der Waals surface area contributed by atoms with Crippen molar-refractivity contribution in [2.24, 2.45) is 4.99 Å². The first-order valence-electron chi connectivity index (χ1n) is 12.5. The highest BCUT2D eigenvalue weighted by molar-refractivity contribution is 6.30. The van der Waals surface area contributed by atoms with Gasteiger partial charge >= 0.3 is 6.18 Å². The maximum atomic E-state index is 14.5. The molecule has 1 unspecified atom stereocenters. The number of halogens is 5.